The number of nitrogens with one attached hydrogen (secondary N) is 3. The van der Waals surface area contributed by atoms with Crippen molar-refractivity contribution >= 4 is 29.5 Å². The lowest BCUT2D eigenvalue weighted by molar-refractivity contribution is -0.125. The third kappa shape index (κ3) is 7.94. The van der Waals surface area contributed by atoms with Crippen molar-refractivity contribution in [3.05, 3.63) is 29.8 Å². The van der Waals surface area contributed by atoms with Gasteiger partial charge in [0.2, 0.25) is 11.8 Å². The fourth-order valence-electron chi connectivity index (χ4n) is 5.01. The first-order valence-corrected chi connectivity index (χ1v) is 13.1. The van der Waals surface area contributed by atoms with Crippen molar-refractivity contribution in [2.45, 2.75) is 76.8 Å². The Labute approximate surface area is 218 Å². The lowest BCUT2D eigenvalue weighted by Gasteiger charge is -2.38. The number of hydrogen-bond donors (Lipinski definition) is 3. The van der Waals surface area contributed by atoms with Crippen molar-refractivity contribution in [1.82, 2.24) is 15.5 Å². The fourth-order valence-corrected chi connectivity index (χ4v) is 5.01. The Morgan fingerprint density at radius 1 is 1.11 bits per heavy atom. The second-order valence-corrected chi connectivity index (χ2v) is 9.89. The summed E-state index contributed by atoms with van der Waals surface area (Å²) < 4.78 is 5.05. The Hall–Kier alpha value is -3.61. The number of carbonyl (C=O) groups excluding carboxylic acids is 4. The molecule has 0 bridgehead atoms. The van der Waals surface area contributed by atoms with E-state index in [0.717, 1.165) is 25.7 Å². The van der Waals surface area contributed by atoms with Gasteiger partial charge in [-0.25, -0.2) is 4.79 Å². The zero-order valence-electron chi connectivity index (χ0n) is 21.7. The van der Waals surface area contributed by atoms with E-state index in [2.05, 4.69) is 22.0 Å². The molecule has 4 amide bonds. The smallest absolute Gasteiger partial charge is 0.409 e. The van der Waals surface area contributed by atoms with Gasteiger partial charge in [0.05, 0.1) is 12.7 Å². The van der Waals surface area contributed by atoms with E-state index >= 15 is 0 Å². The van der Waals surface area contributed by atoms with Crippen LogP contribution < -0.4 is 16.0 Å². The number of piperidine rings is 1. The predicted molar refractivity (Wildman–Crippen MR) is 138 cm³/mol. The van der Waals surface area contributed by atoms with E-state index in [1.54, 1.807) is 31.2 Å². The van der Waals surface area contributed by atoms with Crippen LogP contribution >= 0.6 is 0 Å². The number of carbonyl (C=O) groups is 4. The molecule has 1 aromatic rings. The summed E-state index contributed by atoms with van der Waals surface area (Å²) in [4.78, 5) is 51.4. The Kier molecular flexibility index (Phi) is 9.89. The van der Waals surface area contributed by atoms with Gasteiger partial charge in [-0.2, -0.15) is 5.26 Å². The number of nitriles is 1. The monoisotopic (exact) mass is 511 g/mol. The first-order chi connectivity index (χ1) is 17.7. The molecule has 2 fully saturated rings. The largest absolute Gasteiger partial charge is 0.450 e. The molecule has 0 aromatic heterocycles. The predicted octanol–water partition coefficient (Wildman–Crippen LogP) is 3.34. The van der Waals surface area contributed by atoms with Gasteiger partial charge in [0.15, 0.2) is 0 Å². The lowest BCUT2D eigenvalue weighted by atomic mass is 9.84. The minimum atomic E-state index is -1.12. The van der Waals surface area contributed by atoms with Crippen LogP contribution in [0.15, 0.2) is 24.3 Å². The molecule has 200 valence electrons. The van der Waals surface area contributed by atoms with Gasteiger partial charge in [-0.1, -0.05) is 32.1 Å². The normalized spacial score (nSPS) is 18.1. The van der Waals surface area contributed by atoms with E-state index in [1.807, 2.05) is 0 Å². The molecule has 3 N–H and O–H groups in total. The fraction of sp³-hybridized carbons (Fsp3) is 0.593. The Balaban J connectivity index is 1.69. The SMILES string of the molecule is CCOC(=O)N1CCC(C#N)(NC(=O)C(CC2CCCCC2)NC(=O)c2ccc(NC(C)=O)cc2)CC1. The Bertz CT molecular complexity index is 1010. The summed E-state index contributed by atoms with van der Waals surface area (Å²) in [5.74, 6) is -0.676. The molecular formula is C27H37N5O5. The molecule has 10 nitrogen and oxygen atoms in total. The summed E-state index contributed by atoms with van der Waals surface area (Å²) >= 11 is 0. The van der Waals surface area contributed by atoms with Gasteiger partial charge in [-0.3, -0.25) is 14.4 Å². The van der Waals surface area contributed by atoms with E-state index < -0.39 is 23.6 Å². The molecule has 0 spiro atoms. The minimum absolute atomic E-state index is 0.207. The molecule has 10 heteroatoms. The number of hydrogen-bond acceptors (Lipinski definition) is 6. The average Bonchev–Trinajstić information content (AvgIpc) is 2.89. The van der Waals surface area contributed by atoms with Crippen molar-refractivity contribution in [1.29, 1.82) is 5.26 Å². The van der Waals surface area contributed by atoms with Gasteiger partial charge in [-0.05, 0) is 43.5 Å². The summed E-state index contributed by atoms with van der Waals surface area (Å²) in [6, 6.07) is 7.91. The van der Waals surface area contributed by atoms with E-state index in [4.69, 9.17) is 4.74 Å². The highest BCUT2D eigenvalue weighted by atomic mass is 16.6. The Morgan fingerprint density at radius 2 is 1.76 bits per heavy atom. The van der Waals surface area contributed by atoms with E-state index in [0.29, 0.717) is 36.7 Å². The van der Waals surface area contributed by atoms with Crippen LogP contribution in [0.1, 0.15) is 75.6 Å². The molecule has 0 radical (unpaired) electrons. The number of ether oxygens (including phenoxy) is 1. The molecule has 37 heavy (non-hydrogen) atoms. The molecule has 1 saturated heterocycles. The highest BCUT2D eigenvalue weighted by molar-refractivity contribution is 5.98. The molecule has 1 saturated carbocycles. The maximum absolute atomic E-state index is 13.5. The summed E-state index contributed by atoms with van der Waals surface area (Å²) in [5.41, 5.74) is -0.172. The number of likely N-dealkylation sites (tertiary alicyclic amines) is 1. The van der Waals surface area contributed by atoms with Gasteiger partial charge in [0.25, 0.3) is 5.91 Å². The highest BCUT2D eigenvalue weighted by Crippen LogP contribution is 2.28. The number of anilines is 1. The number of benzene rings is 1. The molecular weight excluding hydrogens is 474 g/mol. The van der Waals surface area contributed by atoms with Crippen LogP contribution in [0.3, 0.4) is 0 Å². The van der Waals surface area contributed by atoms with E-state index in [1.165, 1.54) is 18.2 Å². The third-order valence-corrected chi connectivity index (χ3v) is 7.10. The van der Waals surface area contributed by atoms with Crippen LogP contribution in [0.4, 0.5) is 10.5 Å². The molecule has 1 aromatic carbocycles. The molecule has 3 rings (SSSR count). The van der Waals surface area contributed by atoms with Crippen molar-refractivity contribution in [2.75, 3.05) is 25.0 Å². The summed E-state index contributed by atoms with van der Waals surface area (Å²) in [6.07, 6.45) is 6.02. The average molecular weight is 512 g/mol. The Morgan fingerprint density at radius 3 is 2.32 bits per heavy atom. The zero-order valence-corrected chi connectivity index (χ0v) is 21.7. The second kappa shape index (κ2) is 13.1. The lowest BCUT2D eigenvalue weighted by Crippen LogP contribution is -2.59. The minimum Gasteiger partial charge on any atom is -0.450 e. The van der Waals surface area contributed by atoms with Crippen molar-refractivity contribution in [2.24, 2.45) is 5.92 Å². The number of rotatable bonds is 8. The molecule has 1 aliphatic carbocycles. The van der Waals surface area contributed by atoms with Crippen molar-refractivity contribution in [3.63, 3.8) is 0 Å². The van der Waals surface area contributed by atoms with Crippen molar-refractivity contribution in [3.8, 4) is 6.07 Å². The quantitative estimate of drug-likeness (QED) is 0.489. The maximum Gasteiger partial charge on any atom is 0.409 e. The summed E-state index contributed by atoms with van der Waals surface area (Å²) in [5, 5.41) is 18.4. The molecule has 1 aliphatic heterocycles. The van der Waals surface area contributed by atoms with E-state index in [-0.39, 0.29) is 31.3 Å². The van der Waals surface area contributed by atoms with Crippen LogP contribution in [0.25, 0.3) is 0 Å². The first-order valence-electron chi connectivity index (χ1n) is 13.1. The van der Waals surface area contributed by atoms with Gasteiger partial charge in [-0.15, -0.1) is 0 Å². The third-order valence-electron chi connectivity index (χ3n) is 7.10. The molecule has 1 unspecified atom stereocenters. The van der Waals surface area contributed by atoms with Crippen LogP contribution in [0.2, 0.25) is 0 Å². The van der Waals surface area contributed by atoms with Crippen molar-refractivity contribution < 1.29 is 23.9 Å². The van der Waals surface area contributed by atoms with Crippen LogP contribution in [-0.2, 0) is 14.3 Å². The maximum atomic E-state index is 13.5. The van der Waals surface area contributed by atoms with Gasteiger partial charge in [0, 0.05) is 44.1 Å². The molecule has 1 heterocycles. The number of nitrogens with zero attached hydrogens (tertiary/aromatic N) is 2. The zero-order chi connectivity index (χ0) is 26.8. The van der Waals surface area contributed by atoms with E-state index in [9.17, 15) is 24.4 Å². The van der Waals surface area contributed by atoms with Gasteiger partial charge >= 0.3 is 6.09 Å². The van der Waals surface area contributed by atoms with Gasteiger partial charge in [0.1, 0.15) is 11.6 Å². The summed E-state index contributed by atoms with van der Waals surface area (Å²) in [7, 11) is 0. The first kappa shape index (κ1) is 28.0. The standard InChI is InChI=1S/C27H37N5O5/c1-3-37-26(36)32-15-13-27(18-28,14-16-32)31-25(35)23(17-20-7-5-4-6-8-20)30-24(34)21-9-11-22(12-10-21)29-19(2)33/h9-12,20,23H,3-8,13-17H2,1-2H3,(H,29,33)(H,30,34)(H,31,35). The second-order valence-electron chi connectivity index (χ2n) is 9.89. The van der Waals surface area contributed by atoms with Gasteiger partial charge < -0.3 is 25.6 Å². The molecule has 1 atom stereocenters. The highest BCUT2D eigenvalue weighted by Gasteiger charge is 2.40. The van der Waals surface area contributed by atoms with Crippen LogP contribution in [-0.4, -0.2) is 60.0 Å². The summed E-state index contributed by atoms with van der Waals surface area (Å²) in [6.45, 7) is 4.01. The van der Waals surface area contributed by atoms with Crippen LogP contribution in [0, 0.1) is 17.2 Å². The molecule has 2 aliphatic rings. The topological polar surface area (TPSA) is 141 Å². The van der Waals surface area contributed by atoms with Crippen LogP contribution in [0.5, 0.6) is 0 Å². The number of amides is 4.